The molecule has 54 valence electrons. The highest BCUT2D eigenvalue weighted by molar-refractivity contribution is 9.10. The topological polar surface area (TPSA) is 20.2 Å². The molecule has 0 saturated heterocycles. The van der Waals surface area contributed by atoms with Crippen molar-refractivity contribution in [2.75, 3.05) is 0 Å². The molecule has 0 aliphatic rings. The number of halogens is 3. The van der Waals surface area contributed by atoms with Crippen LogP contribution in [0.4, 0.5) is 4.39 Å². The molecule has 0 bridgehead atoms. The van der Waals surface area contributed by atoms with E-state index < -0.39 is 11.6 Å². The van der Waals surface area contributed by atoms with Crippen LogP contribution in [0, 0.1) is 5.82 Å². The Kier molecular flexibility index (Phi) is 2.16. The van der Waals surface area contributed by atoms with E-state index in [2.05, 4.69) is 15.9 Å². The molecule has 1 N–H and O–H groups in total. The third-order valence-electron chi connectivity index (χ3n) is 0.982. The van der Waals surface area contributed by atoms with Crippen LogP contribution >= 0.6 is 27.5 Å². The lowest BCUT2D eigenvalue weighted by Gasteiger charge is -1.97. The quantitative estimate of drug-likeness (QED) is 0.720. The van der Waals surface area contributed by atoms with E-state index in [1.54, 1.807) is 0 Å². The fourth-order valence-electron chi connectivity index (χ4n) is 0.535. The van der Waals surface area contributed by atoms with Crippen LogP contribution in [0.5, 0.6) is 5.75 Å². The Hall–Kier alpha value is -0.280. The van der Waals surface area contributed by atoms with Gasteiger partial charge in [0.1, 0.15) is 0 Å². The fraction of sp³-hybridized carbons (Fsp3) is 0. The third kappa shape index (κ3) is 1.41. The van der Waals surface area contributed by atoms with E-state index in [9.17, 15) is 4.39 Å². The molecule has 0 spiro atoms. The van der Waals surface area contributed by atoms with Crippen LogP contribution in [-0.4, -0.2) is 5.11 Å². The lowest BCUT2D eigenvalue weighted by atomic mass is 10.3. The van der Waals surface area contributed by atoms with Crippen LogP contribution in [0.2, 0.25) is 5.02 Å². The number of hydrogen-bond donors (Lipinski definition) is 1. The summed E-state index contributed by atoms with van der Waals surface area (Å²) in [5.41, 5.74) is 0. The molecule has 4 heteroatoms. The smallest absolute Gasteiger partial charge is 0.167 e. The van der Waals surface area contributed by atoms with Crippen molar-refractivity contribution in [2.45, 2.75) is 0 Å². The Bertz CT molecular complexity index is 241. The average molecular weight is 225 g/mol. The van der Waals surface area contributed by atoms with Gasteiger partial charge in [-0.15, -0.1) is 0 Å². The van der Waals surface area contributed by atoms with Crippen LogP contribution < -0.4 is 0 Å². The second kappa shape index (κ2) is 2.76. The van der Waals surface area contributed by atoms with Crippen molar-refractivity contribution in [3.05, 3.63) is 27.4 Å². The number of benzene rings is 1. The third-order valence-corrected chi connectivity index (χ3v) is 1.80. The van der Waals surface area contributed by atoms with Crippen molar-refractivity contribution < 1.29 is 9.50 Å². The van der Waals surface area contributed by atoms with Gasteiger partial charge in [0, 0.05) is 5.02 Å². The van der Waals surface area contributed by atoms with Crippen molar-refractivity contribution in [3.8, 4) is 5.75 Å². The molecule has 1 nitrogen and oxygen atoms in total. The summed E-state index contributed by atoms with van der Waals surface area (Å²) < 4.78 is 12.7. The van der Waals surface area contributed by atoms with Gasteiger partial charge < -0.3 is 5.11 Å². The van der Waals surface area contributed by atoms with Gasteiger partial charge in [-0.1, -0.05) is 11.6 Å². The Balaban J connectivity index is 3.31. The van der Waals surface area contributed by atoms with Gasteiger partial charge in [0.05, 0.1) is 4.47 Å². The Morgan fingerprint density at radius 2 is 2.10 bits per heavy atom. The summed E-state index contributed by atoms with van der Waals surface area (Å²) in [7, 11) is 0. The van der Waals surface area contributed by atoms with Gasteiger partial charge in [0.2, 0.25) is 0 Å². The zero-order chi connectivity index (χ0) is 7.72. The molecule has 1 aromatic rings. The van der Waals surface area contributed by atoms with Gasteiger partial charge in [-0.3, -0.25) is 0 Å². The lowest BCUT2D eigenvalue weighted by Crippen LogP contribution is -1.76. The van der Waals surface area contributed by atoms with Crippen LogP contribution in [-0.2, 0) is 0 Å². The van der Waals surface area contributed by atoms with Crippen LogP contribution in [0.3, 0.4) is 0 Å². The van der Waals surface area contributed by atoms with Gasteiger partial charge in [0.25, 0.3) is 0 Å². The van der Waals surface area contributed by atoms with Gasteiger partial charge in [-0.25, -0.2) is 4.39 Å². The van der Waals surface area contributed by atoms with E-state index >= 15 is 0 Å². The summed E-state index contributed by atoms with van der Waals surface area (Å²) in [6.07, 6.45) is 0. The highest BCUT2D eigenvalue weighted by Crippen LogP contribution is 2.29. The van der Waals surface area contributed by atoms with Crippen molar-refractivity contribution in [2.24, 2.45) is 0 Å². The molecule has 0 heterocycles. The second-order valence-corrected chi connectivity index (χ2v) is 3.01. The molecule has 0 atom stereocenters. The monoisotopic (exact) mass is 224 g/mol. The van der Waals surface area contributed by atoms with Crippen LogP contribution in [0.25, 0.3) is 0 Å². The molecule has 0 amide bonds. The van der Waals surface area contributed by atoms with E-state index in [4.69, 9.17) is 16.7 Å². The number of rotatable bonds is 0. The van der Waals surface area contributed by atoms with Gasteiger partial charge >= 0.3 is 0 Å². The summed E-state index contributed by atoms with van der Waals surface area (Å²) in [4.78, 5) is 0. The first-order valence-corrected chi connectivity index (χ1v) is 3.62. The standard InChI is InChI=1S/C6H3BrClFO/c7-4-1-3(8)2-5(9)6(4)10/h1-2,10H. The minimum absolute atomic E-state index is 0.252. The zero-order valence-electron chi connectivity index (χ0n) is 4.74. The molecule has 0 aliphatic heterocycles. The summed E-state index contributed by atoms with van der Waals surface area (Å²) >= 11 is 8.36. The first-order chi connectivity index (χ1) is 4.61. The number of aromatic hydroxyl groups is 1. The summed E-state index contributed by atoms with van der Waals surface area (Å²) in [5.74, 6) is -1.14. The average Bonchev–Trinajstić information content (AvgIpc) is 1.82. The molecule has 0 saturated carbocycles. The number of phenols is 1. The van der Waals surface area contributed by atoms with E-state index in [1.807, 2.05) is 0 Å². The van der Waals surface area contributed by atoms with E-state index in [-0.39, 0.29) is 9.50 Å². The zero-order valence-corrected chi connectivity index (χ0v) is 7.08. The predicted octanol–water partition coefficient (Wildman–Crippen LogP) is 2.95. The maximum atomic E-state index is 12.5. The van der Waals surface area contributed by atoms with Crippen LogP contribution in [0.1, 0.15) is 0 Å². The normalized spacial score (nSPS) is 9.90. The molecule has 0 unspecified atom stereocenters. The number of phenolic OH excluding ortho intramolecular Hbond substituents is 1. The second-order valence-electron chi connectivity index (χ2n) is 1.72. The van der Waals surface area contributed by atoms with Crippen molar-refractivity contribution in [1.29, 1.82) is 0 Å². The molecule has 0 aliphatic carbocycles. The summed E-state index contributed by atoms with van der Waals surface area (Å²) in [6, 6.07) is 2.46. The predicted molar refractivity (Wildman–Crippen MR) is 40.8 cm³/mol. The van der Waals surface area contributed by atoms with E-state index in [0.717, 1.165) is 6.07 Å². The van der Waals surface area contributed by atoms with E-state index in [1.165, 1.54) is 6.07 Å². The summed E-state index contributed by atoms with van der Waals surface area (Å²) in [6.45, 7) is 0. The molecule has 0 fully saturated rings. The molecule has 1 rings (SSSR count). The van der Waals surface area contributed by atoms with Gasteiger partial charge in [-0.2, -0.15) is 0 Å². The lowest BCUT2D eigenvalue weighted by molar-refractivity contribution is 0.429. The van der Waals surface area contributed by atoms with E-state index in [0.29, 0.717) is 0 Å². The largest absolute Gasteiger partial charge is 0.504 e. The highest BCUT2D eigenvalue weighted by atomic mass is 79.9. The Labute approximate surface area is 70.6 Å². The molecule has 0 radical (unpaired) electrons. The maximum absolute atomic E-state index is 12.5. The Morgan fingerprint density at radius 3 is 2.60 bits per heavy atom. The molecule has 0 aromatic heterocycles. The van der Waals surface area contributed by atoms with Crippen LogP contribution in [0.15, 0.2) is 16.6 Å². The minimum atomic E-state index is -0.723. The molecule has 10 heavy (non-hydrogen) atoms. The first-order valence-electron chi connectivity index (χ1n) is 2.45. The molecular weight excluding hydrogens is 222 g/mol. The summed E-state index contributed by atoms with van der Waals surface area (Å²) in [5, 5.41) is 9.10. The van der Waals surface area contributed by atoms with Gasteiger partial charge in [0.15, 0.2) is 11.6 Å². The Morgan fingerprint density at radius 1 is 1.50 bits per heavy atom. The number of hydrogen-bond acceptors (Lipinski definition) is 1. The fourth-order valence-corrected chi connectivity index (χ4v) is 1.31. The van der Waals surface area contributed by atoms with Crippen molar-refractivity contribution in [3.63, 3.8) is 0 Å². The molecule has 1 aromatic carbocycles. The molecular formula is C6H3BrClFO. The first kappa shape index (κ1) is 7.82. The van der Waals surface area contributed by atoms with Crippen molar-refractivity contribution >= 4 is 27.5 Å². The minimum Gasteiger partial charge on any atom is -0.504 e. The SMILES string of the molecule is Oc1c(F)cc(Cl)cc1Br. The highest BCUT2D eigenvalue weighted by Gasteiger charge is 2.05. The maximum Gasteiger partial charge on any atom is 0.167 e. The van der Waals surface area contributed by atoms with Gasteiger partial charge in [-0.05, 0) is 28.1 Å². The van der Waals surface area contributed by atoms with Crippen molar-refractivity contribution in [1.82, 2.24) is 0 Å².